The third-order valence-electron chi connectivity index (χ3n) is 4.28. The van der Waals surface area contributed by atoms with Gasteiger partial charge in [-0.3, -0.25) is 0 Å². The molecule has 3 aromatic rings. The van der Waals surface area contributed by atoms with E-state index in [4.69, 9.17) is 18.9 Å². The van der Waals surface area contributed by atoms with Crippen LogP contribution in [0.25, 0.3) is 21.5 Å². The molecule has 160 valence electrons. The second-order valence-electron chi connectivity index (χ2n) is 6.41. The molecule has 0 aliphatic heterocycles. The van der Waals surface area contributed by atoms with Gasteiger partial charge in [-0.15, -0.1) is 0 Å². The van der Waals surface area contributed by atoms with Gasteiger partial charge in [-0.25, -0.2) is 14.0 Å². The number of benzene rings is 3. The largest absolute Gasteiger partial charge is 0.481 e. The normalized spacial score (nSPS) is 10.5. The molecular weight excluding hydrogens is 403 g/mol. The Bertz CT molecular complexity index is 1140. The molecule has 0 aromatic heterocycles. The molecule has 6 nitrogen and oxygen atoms in total. The second kappa shape index (κ2) is 10.2. The van der Waals surface area contributed by atoms with E-state index in [1.807, 2.05) is 0 Å². The van der Waals surface area contributed by atoms with Crippen LogP contribution in [0.15, 0.2) is 67.8 Å². The van der Waals surface area contributed by atoms with E-state index in [-0.39, 0.29) is 26.4 Å². The summed E-state index contributed by atoms with van der Waals surface area (Å²) >= 11 is 0. The van der Waals surface area contributed by atoms with Crippen molar-refractivity contribution in [2.45, 2.75) is 0 Å². The van der Waals surface area contributed by atoms with E-state index in [0.717, 1.165) is 0 Å². The van der Waals surface area contributed by atoms with Gasteiger partial charge >= 0.3 is 11.9 Å². The molecule has 0 saturated carbocycles. The van der Waals surface area contributed by atoms with Gasteiger partial charge in [-0.2, -0.15) is 0 Å². The van der Waals surface area contributed by atoms with Gasteiger partial charge in [0.05, 0.1) is 0 Å². The fourth-order valence-corrected chi connectivity index (χ4v) is 3.03. The van der Waals surface area contributed by atoms with Crippen LogP contribution in [0.5, 0.6) is 11.5 Å². The summed E-state index contributed by atoms with van der Waals surface area (Å²) in [7, 11) is 0. The lowest BCUT2D eigenvalue weighted by Gasteiger charge is -2.17. The minimum absolute atomic E-state index is 0.0625. The van der Waals surface area contributed by atoms with Gasteiger partial charge in [0.15, 0.2) is 13.2 Å². The molecule has 0 fully saturated rings. The monoisotopic (exact) mass is 424 g/mol. The molecule has 0 unspecified atom stereocenters. The molecule has 0 bridgehead atoms. The summed E-state index contributed by atoms with van der Waals surface area (Å²) in [5.41, 5.74) is 0. The first kappa shape index (κ1) is 21.8. The SMILES string of the molecule is C=CCOC(=O)COc1c2ccccc2c(OCC(=O)OCC=C)c2cc(F)ccc12. The van der Waals surface area contributed by atoms with Crippen LogP contribution in [-0.4, -0.2) is 38.4 Å². The maximum Gasteiger partial charge on any atom is 0.344 e. The number of carbonyl (C=O) groups is 2. The predicted molar refractivity (Wildman–Crippen MR) is 115 cm³/mol. The summed E-state index contributed by atoms with van der Waals surface area (Å²) in [6, 6.07) is 11.2. The Morgan fingerprint density at radius 3 is 1.77 bits per heavy atom. The lowest BCUT2D eigenvalue weighted by atomic mass is 10.0. The van der Waals surface area contributed by atoms with Crippen LogP contribution in [-0.2, 0) is 19.1 Å². The smallest absolute Gasteiger partial charge is 0.344 e. The lowest BCUT2D eigenvalue weighted by Crippen LogP contribution is -2.16. The van der Waals surface area contributed by atoms with Crippen molar-refractivity contribution in [3.63, 3.8) is 0 Å². The number of hydrogen-bond donors (Lipinski definition) is 0. The van der Waals surface area contributed by atoms with Crippen LogP contribution in [0.1, 0.15) is 0 Å². The molecule has 0 radical (unpaired) electrons. The lowest BCUT2D eigenvalue weighted by molar-refractivity contribution is -0.145. The maximum atomic E-state index is 14.1. The first-order chi connectivity index (χ1) is 15.0. The summed E-state index contributed by atoms with van der Waals surface area (Å²) in [6.07, 6.45) is 2.90. The average molecular weight is 424 g/mol. The molecule has 7 heteroatoms. The van der Waals surface area contributed by atoms with Crippen molar-refractivity contribution in [2.24, 2.45) is 0 Å². The van der Waals surface area contributed by atoms with Crippen LogP contribution in [0, 0.1) is 5.82 Å². The minimum Gasteiger partial charge on any atom is -0.481 e. The zero-order valence-corrected chi connectivity index (χ0v) is 16.8. The summed E-state index contributed by atoms with van der Waals surface area (Å²) < 4.78 is 35.5. The molecule has 3 aromatic carbocycles. The topological polar surface area (TPSA) is 71.1 Å². The number of ether oxygens (including phenoxy) is 4. The van der Waals surface area contributed by atoms with E-state index in [9.17, 15) is 14.0 Å². The fraction of sp³-hybridized carbons (Fsp3) is 0.167. The van der Waals surface area contributed by atoms with E-state index in [1.54, 1.807) is 24.3 Å². The zero-order valence-electron chi connectivity index (χ0n) is 16.8. The van der Waals surface area contributed by atoms with Crippen molar-refractivity contribution in [1.29, 1.82) is 0 Å². The predicted octanol–water partition coefficient (Wildman–Crippen LogP) is 4.35. The van der Waals surface area contributed by atoms with Crippen LogP contribution in [0.2, 0.25) is 0 Å². The number of carbonyl (C=O) groups excluding carboxylic acids is 2. The summed E-state index contributed by atoms with van der Waals surface area (Å²) in [5.74, 6) is -0.952. The van der Waals surface area contributed by atoms with Crippen molar-refractivity contribution < 1.29 is 32.9 Å². The Labute approximate surface area is 178 Å². The van der Waals surface area contributed by atoms with Crippen LogP contribution in [0.4, 0.5) is 4.39 Å². The molecule has 0 amide bonds. The third kappa shape index (κ3) is 5.19. The molecule has 0 saturated heterocycles. The highest BCUT2D eigenvalue weighted by Crippen LogP contribution is 2.43. The summed E-state index contributed by atoms with van der Waals surface area (Å²) in [5, 5.41) is 2.13. The minimum atomic E-state index is -0.584. The second-order valence-corrected chi connectivity index (χ2v) is 6.41. The average Bonchev–Trinajstić information content (AvgIpc) is 2.78. The van der Waals surface area contributed by atoms with Crippen LogP contribution < -0.4 is 9.47 Å². The van der Waals surface area contributed by atoms with E-state index >= 15 is 0 Å². The highest BCUT2D eigenvalue weighted by atomic mass is 19.1. The quantitative estimate of drug-likeness (QED) is 0.274. The molecule has 0 spiro atoms. The van der Waals surface area contributed by atoms with Gasteiger partial charge in [0.25, 0.3) is 0 Å². The molecule has 0 atom stereocenters. The summed E-state index contributed by atoms with van der Waals surface area (Å²) in [6.45, 7) is 6.42. The molecular formula is C24H21FO6. The number of hydrogen-bond acceptors (Lipinski definition) is 6. The summed E-state index contributed by atoms with van der Waals surface area (Å²) in [4.78, 5) is 23.8. The molecule has 3 rings (SSSR count). The van der Waals surface area contributed by atoms with Gasteiger partial charge in [0.1, 0.15) is 30.5 Å². The third-order valence-corrected chi connectivity index (χ3v) is 4.28. The maximum absolute atomic E-state index is 14.1. The van der Waals surface area contributed by atoms with E-state index in [0.29, 0.717) is 33.0 Å². The van der Waals surface area contributed by atoms with Crippen molar-refractivity contribution in [1.82, 2.24) is 0 Å². The number of halogens is 1. The van der Waals surface area contributed by atoms with E-state index in [1.165, 1.54) is 30.4 Å². The molecule has 0 aliphatic carbocycles. The molecule has 31 heavy (non-hydrogen) atoms. The van der Waals surface area contributed by atoms with Gasteiger partial charge in [0, 0.05) is 21.5 Å². The highest BCUT2D eigenvalue weighted by Gasteiger charge is 2.19. The van der Waals surface area contributed by atoms with Gasteiger partial charge in [0.2, 0.25) is 0 Å². The van der Waals surface area contributed by atoms with Gasteiger partial charge < -0.3 is 18.9 Å². The Morgan fingerprint density at radius 2 is 1.26 bits per heavy atom. The Balaban J connectivity index is 2.04. The van der Waals surface area contributed by atoms with E-state index < -0.39 is 17.8 Å². The molecule has 0 N–H and O–H groups in total. The number of fused-ring (bicyclic) bond motifs is 2. The fourth-order valence-electron chi connectivity index (χ4n) is 3.03. The first-order valence-corrected chi connectivity index (χ1v) is 9.47. The van der Waals surface area contributed by atoms with Crippen molar-refractivity contribution in [3.05, 3.63) is 73.6 Å². The number of esters is 2. The standard InChI is InChI=1S/C24H21FO6/c1-3-11-28-21(26)14-30-23-17-7-5-6-8-18(17)24(31-15-22(27)29-12-4-2)20-13-16(25)9-10-19(20)23/h3-10,13H,1-2,11-12,14-15H2. The van der Waals surface area contributed by atoms with Crippen molar-refractivity contribution >= 4 is 33.5 Å². The van der Waals surface area contributed by atoms with Gasteiger partial charge in [-0.1, -0.05) is 49.6 Å². The van der Waals surface area contributed by atoms with Gasteiger partial charge in [-0.05, 0) is 18.2 Å². The first-order valence-electron chi connectivity index (χ1n) is 9.47. The van der Waals surface area contributed by atoms with E-state index in [2.05, 4.69) is 13.2 Å². The molecule has 0 aliphatic rings. The van der Waals surface area contributed by atoms with Crippen molar-refractivity contribution in [2.75, 3.05) is 26.4 Å². The Kier molecular flexibility index (Phi) is 7.22. The number of rotatable bonds is 10. The van der Waals surface area contributed by atoms with Crippen LogP contribution >= 0.6 is 0 Å². The van der Waals surface area contributed by atoms with Crippen LogP contribution in [0.3, 0.4) is 0 Å². The Hall–Kier alpha value is -3.87. The Morgan fingerprint density at radius 1 is 0.774 bits per heavy atom. The molecule has 0 heterocycles. The zero-order chi connectivity index (χ0) is 22.2. The van der Waals surface area contributed by atoms with Crippen molar-refractivity contribution in [3.8, 4) is 11.5 Å². The highest BCUT2D eigenvalue weighted by molar-refractivity contribution is 6.11.